The lowest BCUT2D eigenvalue weighted by molar-refractivity contribution is -0.274. The van der Waals surface area contributed by atoms with Crippen LogP contribution in [0, 0.1) is 5.82 Å². The average Bonchev–Trinajstić information content (AvgIpc) is 3.17. The van der Waals surface area contributed by atoms with Crippen LogP contribution in [0.5, 0.6) is 5.75 Å². The highest BCUT2D eigenvalue weighted by Crippen LogP contribution is 2.33. The first-order chi connectivity index (χ1) is 15.3. The molecule has 1 fully saturated rings. The Labute approximate surface area is 197 Å². The first-order valence-corrected chi connectivity index (χ1v) is 10.6. The number of amides is 1. The number of anilines is 1. The molecule has 1 saturated heterocycles. The van der Waals surface area contributed by atoms with Crippen LogP contribution in [0.1, 0.15) is 10.4 Å². The minimum absolute atomic E-state index is 0. The Hall–Kier alpha value is -2.47. The molecule has 12 heteroatoms. The molecule has 4 rings (SSSR count). The molecule has 0 aliphatic carbocycles. The summed E-state index contributed by atoms with van der Waals surface area (Å²) in [5.74, 6) is -1.19. The monoisotopic (exact) mass is 505 g/mol. The number of fused-ring (bicyclic) bond motifs is 1. The van der Waals surface area contributed by atoms with Gasteiger partial charge in [-0.2, -0.15) is 0 Å². The Bertz CT molecular complexity index is 1090. The molecule has 0 bridgehead atoms. The fourth-order valence-electron chi connectivity index (χ4n) is 3.30. The minimum Gasteiger partial charge on any atom is -0.406 e. The van der Waals surface area contributed by atoms with Gasteiger partial charge in [-0.15, -0.1) is 25.6 Å². The van der Waals surface area contributed by atoms with Crippen LogP contribution in [0.4, 0.5) is 22.7 Å². The number of benzene rings is 2. The summed E-state index contributed by atoms with van der Waals surface area (Å²) in [5.41, 5.74) is 0.733. The number of thiazole rings is 1. The van der Waals surface area contributed by atoms with Crippen molar-refractivity contribution in [2.24, 2.45) is 0 Å². The Kier molecular flexibility index (Phi) is 8.11. The third-order valence-electron chi connectivity index (χ3n) is 4.89. The Morgan fingerprint density at radius 3 is 2.52 bits per heavy atom. The van der Waals surface area contributed by atoms with Gasteiger partial charge in [0.15, 0.2) is 5.13 Å². The first-order valence-electron chi connectivity index (χ1n) is 9.82. The zero-order valence-electron chi connectivity index (χ0n) is 17.2. The van der Waals surface area contributed by atoms with Gasteiger partial charge in [0.25, 0.3) is 5.91 Å². The number of halogens is 5. The van der Waals surface area contributed by atoms with Crippen molar-refractivity contribution in [1.82, 2.24) is 9.88 Å². The van der Waals surface area contributed by atoms with Crippen LogP contribution in [0.25, 0.3) is 10.2 Å². The average molecular weight is 506 g/mol. The molecule has 0 radical (unpaired) electrons. The number of ether oxygens (including phenoxy) is 2. The van der Waals surface area contributed by atoms with E-state index in [0.717, 1.165) is 24.4 Å². The van der Waals surface area contributed by atoms with Gasteiger partial charge in [0.05, 0.1) is 23.4 Å². The fourth-order valence-corrected chi connectivity index (χ4v) is 4.32. The molecule has 0 spiro atoms. The number of alkyl halides is 3. The smallest absolute Gasteiger partial charge is 0.406 e. The predicted octanol–water partition coefficient (Wildman–Crippen LogP) is 4.73. The highest BCUT2D eigenvalue weighted by Gasteiger charge is 2.31. The lowest BCUT2D eigenvalue weighted by Crippen LogP contribution is -2.43. The van der Waals surface area contributed by atoms with E-state index in [1.54, 1.807) is 0 Å². The molecule has 3 aromatic rings. The molecule has 178 valence electrons. The predicted molar refractivity (Wildman–Crippen MR) is 119 cm³/mol. The number of hydrogen-bond donors (Lipinski definition) is 0. The molecular formula is C21H20ClF4N3O3S. The molecule has 1 amide bonds. The lowest BCUT2D eigenvalue weighted by atomic mass is 10.2. The molecule has 1 aliphatic rings. The summed E-state index contributed by atoms with van der Waals surface area (Å²) in [6, 6.07) is 9.02. The molecule has 6 nitrogen and oxygen atoms in total. The van der Waals surface area contributed by atoms with E-state index < -0.39 is 12.2 Å². The number of rotatable bonds is 6. The Morgan fingerprint density at radius 1 is 1.15 bits per heavy atom. The topological polar surface area (TPSA) is 54.9 Å². The largest absolute Gasteiger partial charge is 0.573 e. The quantitative estimate of drug-likeness (QED) is 0.453. The third kappa shape index (κ3) is 6.53. The van der Waals surface area contributed by atoms with Crippen molar-refractivity contribution >= 4 is 45.0 Å². The fraction of sp³-hybridized carbons (Fsp3) is 0.333. The molecule has 1 aromatic heterocycles. The van der Waals surface area contributed by atoms with E-state index in [1.807, 2.05) is 0 Å². The van der Waals surface area contributed by atoms with Gasteiger partial charge >= 0.3 is 6.36 Å². The Balaban J connectivity index is 0.00000306. The van der Waals surface area contributed by atoms with Gasteiger partial charge in [0.2, 0.25) is 0 Å². The van der Waals surface area contributed by atoms with Crippen LogP contribution < -0.4 is 9.64 Å². The highest BCUT2D eigenvalue weighted by atomic mass is 35.5. The molecule has 0 saturated carbocycles. The van der Waals surface area contributed by atoms with E-state index in [9.17, 15) is 22.4 Å². The van der Waals surface area contributed by atoms with Crippen LogP contribution in [-0.2, 0) is 4.74 Å². The maximum atomic E-state index is 13.3. The standard InChI is InChI=1S/C21H19F4N3O3S.ClH/c22-15-3-1-14(2-4-15)19(29)28(8-7-27-9-11-30-12-10-27)20-26-17-6-5-16(13-18(17)32-20)31-21(23,24)25;/h1-6,13H,7-12H2;1H. The van der Waals surface area contributed by atoms with Crippen molar-refractivity contribution in [2.75, 3.05) is 44.3 Å². The zero-order chi connectivity index (χ0) is 22.7. The number of morpholine rings is 1. The lowest BCUT2D eigenvalue weighted by Gasteiger charge is -2.29. The van der Waals surface area contributed by atoms with Crippen molar-refractivity contribution in [3.8, 4) is 5.75 Å². The van der Waals surface area contributed by atoms with E-state index in [2.05, 4.69) is 14.6 Å². The van der Waals surface area contributed by atoms with Crippen LogP contribution in [-0.4, -0.2) is 61.5 Å². The molecule has 2 aromatic carbocycles. The number of hydrogen-bond acceptors (Lipinski definition) is 6. The number of carbonyl (C=O) groups is 1. The molecule has 0 unspecified atom stereocenters. The molecule has 0 N–H and O–H groups in total. The zero-order valence-corrected chi connectivity index (χ0v) is 18.8. The van der Waals surface area contributed by atoms with Crippen LogP contribution in [0.2, 0.25) is 0 Å². The molecule has 1 aliphatic heterocycles. The van der Waals surface area contributed by atoms with Crippen molar-refractivity contribution < 1.29 is 31.8 Å². The summed E-state index contributed by atoms with van der Waals surface area (Å²) < 4.78 is 60.7. The summed E-state index contributed by atoms with van der Waals surface area (Å²) in [4.78, 5) is 21.3. The summed E-state index contributed by atoms with van der Waals surface area (Å²) >= 11 is 1.09. The van der Waals surface area contributed by atoms with Crippen molar-refractivity contribution in [3.63, 3.8) is 0 Å². The van der Waals surface area contributed by atoms with Gasteiger partial charge in [0, 0.05) is 37.8 Å². The van der Waals surface area contributed by atoms with Gasteiger partial charge in [0.1, 0.15) is 11.6 Å². The molecule has 33 heavy (non-hydrogen) atoms. The maximum Gasteiger partial charge on any atom is 0.573 e. The second-order valence-corrected chi connectivity index (χ2v) is 8.10. The highest BCUT2D eigenvalue weighted by molar-refractivity contribution is 7.22. The van der Waals surface area contributed by atoms with Gasteiger partial charge in [-0.1, -0.05) is 11.3 Å². The molecule has 2 heterocycles. The van der Waals surface area contributed by atoms with E-state index >= 15 is 0 Å². The molecule has 0 atom stereocenters. The van der Waals surface area contributed by atoms with Crippen molar-refractivity contribution in [1.29, 1.82) is 0 Å². The van der Waals surface area contributed by atoms with Crippen LogP contribution >= 0.6 is 23.7 Å². The number of carbonyl (C=O) groups excluding carboxylic acids is 1. The number of nitrogens with zero attached hydrogens (tertiary/aromatic N) is 3. The van der Waals surface area contributed by atoms with E-state index in [1.165, 1.54) is 47.4 Å². The summed E-state index contributed by atoms with van der Waals surface area (Å²) in [6.07, 6.45) is -4.80. The maximum absolute atomic E-state index is 13.3. The van der Waals surface area contributed by atoms with E-state index in [-0.39, 0.29) is 29.6 Å². The van der Waals surface area contributed by atoms with Gasteiger partial charge in [-0.3, -0.25) is 14.6 Å². The van der Waals surface area contributed by atoms with E-state index in [4.69, 9.17) is 4.74 Å². The van der Waals surface area contributed by atoms with Gasteiger partial charge in [-0.05, 0) is 36.4 Å². The summed E-state index contributed by atoms with van der Waals surface area (Å²) in [6.45, 7) is 3.55. The van der Waals surface area contributed by atoms with Crippen molar-refractivity contribution in [2.45, 2.75) is 6.36 Å². The Morgan fingerprint density at radius 2 is 1.85 bits per heavy atom. The SMILES string of the molecule is Cl.O=C(c1ccc(F)cc1)N(CCN1CCOCC1)c1nc2ccc(OC(F)(F)F)cc2s1. The van der Waals surface area contributed by atoms with Gasteiger partial charge < -0.3 is 9.47 Å². The summed E-state index contributed by atoms with van der Waals surface area (Å²) in [5, 5.41) is 0.340. The van der Waals surface area contributed by atoms with Crippen LogP contribution in [0.3, 0.4) is 0 Å². The molecular weight excluding hydrogens is 486 g/mol. The normalized spacial score (nSPS) is 14.7. The minimum atomic E-state index is -4.80. The first kappa shape index (κ1) is 25.2. The number of aromatic nitrogens is 1. The second kappa shape index (κ2) is 10.6. The summed E-state index contributed by atoms with van der Waals surface area (Å²) in [7, 11) is 0. The third-order valence-corrected chi connectivity index (χ3v) is 5.93. The second-order valence-electron chi connectivity index (χ2n) is 7.09. The van der Waals surface area contributed by atoms with E-state index in [0.29, 0.717) is 41.7 Å². The van der Waals surface area contributed by atoms with Crippen LogP contribution in [0.15, 0.2) is 42.5 Å². The van der Waals surface area contributed by atoms with Crippen molar-refractivity contribution in [3.05, 3.63) is 53.8 Å². The van der Waals surface area contributed by atoms with Gasteiger partial charge in [-0.25, -0.2) is 9.37 Å².